The van der Waals surface area contributed by atoms with Gasteiger partial charge in [0.1, 0.15) is 5.75 Å². The van der Waals surface area contributed by atoms with Crippen molar-refractivity contribution < 1.29 is 4.74 Å². The summed E-state index contributed by atoms with van der Waals surface area (Å²) < 4.78 is 5.63. The summed E-state index contributed by atoms with van der Waals surface area (Å²) in [7, 11) is 0. The van der Waals surface area contributed by atoms with Crippen LogP contribution in [0.4, 0.5) is 0 Å². The Bertz CT molecular complexity index is 959. The lowest BCUT2D eigenvalue weighted by molar-refractivity contribution is 0.337. The smallest absolute Gasteiger partial charge is 0.166 e. The van der Waals surface area contributed by atoms with Crippen LogP contribution in [0.5, 0.6) is 5.75 Å². The summed E-state index contributed by atoms with van der Waals surface area (Å²) in [6.45, 7) is 4.68. The van der Waals surface area contributed by atoms with Crippen molar-refractivity contribution in [2.45, 2.75) is 24.8 Å². The average Bonchev–Trinajstić information content (AvgIpc) is 3.18. The maximum absolute atomic E-state index is 5.63. The summed E-state index contributed by atoms with van der Waals surface area (Å²) in [6.07, 6.45) is 3.49. The zero-order valence-corrected chi connectivity index (χ0v) is 14.3. The number of ether oxygens (including phenoxy) is 1. The molecular formula is C17H17N5OS. The van der Waals surface area contributed by atoms with Crippen LogP contribution in [0.15, 0.2) is 35.9 Å². The Morgan fingerprint density at radius 1 is 1.17 bits per heavy atom. The summed E-state index contributed by atoms with van der Waals surface area (Å²) in [6, 6.07) is 5.93. The molecule has 6 nitrogen and oxygen atoms in total. The third kappa shape index (κ3) is 2.71. The molecule has 0 atom stereocenters. The zero-order valence-electron chi connectivity index (χ0n) is 13.5. The highest BCUT2D eigenvalue weighted by molar-refractivity contribution is 7.98. The van der Waals surface area contributed by atoms with E-state index in [1.54, 1.807) is 24.3 Å². The fourth-order valence-electron chi connectivity index (χ4n) is 2.64. The molecule has 0 radical (unpaired) electrons. The molecule has 7 heteroatoms. The minimum absolute atomic E-state index is 0.655. The van der Waals surface area contributed by atoms with Gasteiger partial charge in [0.2, 0.25) is 0 Å². The topological polar surface area (TPSA) is 79.5 Å². The van der Waals surface area contributed by atoms with E-state index in [9.17, 15) is 0 Å². The zero-order chi connectivity index (χ0) is 16.5. The molecule has 0 aliphatic rings. The van der Waals surface area contributed by atoms with Gasteiger partial charge in [-0.25, -0.2) is 9.97 Å². The number of nitrogens with zero attached hydrogens (tertiary/aromatic N) is 3. The summed E-state index contributed by atoms with van der Waals surface area (Å²) in [5, 5.41) is 0.876. The van der Waals surface area contributed by atoms with Crippen LogP contribution < -0.4 is 4.74 Å². The molecule has 0 saturated carbocycles. The highest BCUT2D eigenvalue weighted by Crippen LogP contribution is 2.28. The van der Waals surface area contributed by atoms with E-state index in [1.165, 1.54) is 0 Å². The molecule has 0 unspecified atom stereocenters. The first-order chi connectivity index (χ1) is 11.7. The number of aromatic nitrogens is 5. The van der Waals surface area contributed by atoms with Gasteiger partial charge < -0.3 is 14.7 Å². The number of thioether (sulfide) groups is 1. The number of imidazole rings is 2. The van der Waals surface area contributed by atoms with Gasteiger partial charge in [-0.1, -0.05) is 11.8 Å². The van der Waals surface area contributed by atoms with E-state index in [4.69, 9.17) is 4.74 Å². The second-order valence-corrected chi connectivity index (χ2v) is 6.40. The van der Waals surface area contributed by atoms with Gasteiger partial charge in [-0.15, -0.1) is 0 Å². The van der Waals surface area contributed by atoms with Crippen molar-refractivity contribution in [3.05, 3.63) is 42.0 Å². The Hall–Kier alpha value is -2.54. The Morgan fingerprint density at radius 3 is 2.92 bits per heavy atom. The number of hydrogen-bond acceptors (Lipinski definition) is 5. The summed E-state index contributed by atoms with van der Waals surface area (Å²) >= 11 is 1.63. The monoisotopic (exact) mass is 339 g/mol. The third-order valence-electron chi connectivity index (χ3n) is 3.91. The molecule has 4 aromatic rings. The molecule has 0 aliphatic carbocycles. The summed E-state index contributed by atoms with van der Waals surface area (Å²) in [5.41, 5.74) is 5.95. The molecule has 0 bridgehead atoms. The van der Waals surface area contributed by atoms with Crippen LogP contribution in [-0.4, -0.2) is 31.5 Å². The Balaban J connectivity index is 1.57. The first-order valence-corrected chi connectivity index (χ1v) is 8.76. The molecule has 1 aromatic carbocycles. The molecular weight excluding hydrogens is 322 g/mol. The molecule has 3 aromatic heterocycles. The number of pyridine rings is 1. The number of fused-ring (bicyclic) bond motifs is 2. The molecule has 24 heavy (non-hydrogen) atoms. The van der Waals surface area contributed by atoms with E-state index in [2.05, 4.69) is 24.9 Å². The quantitative estimate of drug-likeness (QED) is 0.540. The van der Waals surface area contributed by atoms with Crippen LogP contribution in [-0.2, 0) is 5.75 Å². The first-order valence-electron chi connectivity index (χ1n) is 7.77. The van der Waals surface area contributed by atoms with Gasteiger partial charge in [0.15, 0.2) is 5.16 Å². The van der Waals surface area contributed by atoms with E-state index in [-0.39, 0.29) is 0 Å². The van der Waals surface area contributed by atoms with Crippen LogP contribution in [0, 0.1) is 6.92 Å². The van der Waals surface area contributed by atoms with E-state index >= 15 is 0 Å². The summed E-state index contributed by atoms with van der Waals surface area (Å²) in [4.78, 5) is 19.8. The number of rotatable bonds is 5. The number of aromatic amines is 2. The standard InChI is InChI=1S/C17H17N5OS/c1-3-23-16-4-5-18-15(10(16)2)8-24-17-21-13-6-11-12(20-9-19-11)7-14(13)22-17/h4-7,9H,3,8H2,1-2H3,(H,19,20)(H,21,22). The molecule has 0 amide bonds. The van der Waals surface area contributed by atoms with E-state index in [0.29, 0.717) is 6.61 Å². The molecule has 0 fully saturated rings. The minimum Gasteiger partial charge on any atom is -0.493 e. The van der Waals surface area contributed by atoms with Gasteiger partial charge >= 0.3 is 0 Å². The fraction of sp³-hybridized carbons (Fsp3) is 0.235. The average molecular weight is 339 g/mol. The van der Waals surface area contributed by atoms with Crippen LogP contribution in [0.2, 0.25) is 0 Å². The van der Waals surface area contributed by atoms with Crippen molar-refractivity contribution in [2.75, 3.05) is 6.61 Å². The van der Waals surface area contributed by atoms with Crippen molar-refractivity contribution in [3.63, 3.8) is 0 Å². The summed E-state index contributed by atoms with van der Waals surface area (Å²) in [5.74, 6) is 1.64. The minimum atomic E-state index is 0.655. The second kappa shape index (κ2) is 6.16. The fourth-order valence-corrected chi connectivity index (χ4v) is 3.55. The first kappa shape index (κ1) is 15.0. The predicted octanol–water partition coefficient (Wildman–Crippen LogP) is 3.83. The molecule has 3 heterocycles. The van der Waals surface area contributed by atoms with E-state index in [1.807, 2.05) is 32.0 Å². The lowest BCUT2D eigenvalue weighted by atomic mass is 10.2. The molecule has 2 N–H and O–H groups in total. The Labute approximate surface area is 143 Å². The molecule has 4 rings (SSSR count). The molecule has 0 spiro atoms. The van der Waals surface area contributed by atoms with Crippen LogP contribution in [0.3, 0.4) is 0 Å². The van der Waals surface area contributed by atoms with Gasteiger partial charge in [0.05, 0.1) is 40.7 Å². The lowest BCUT2D eigenvalue weighted by Gasteiger charge is -2.09. The van der Waals surface area contributed by atoms with Crippen molar-refractivity contribution in [1.82, 2.24) is 24.9 Å². The largest absolute Gasteiger partial charge is 0.493 e. The van der Waals surface area contributed by atoms with Crippen LogP contribution in [0.25, 0.3) is 22.1 Å². The SMILES string of the molecule is CCOc1ccnc(CSc2nc3cc4[nH]cnc4cc3[nH]2)c1C. The Kier molecular flexibility index (Phi) is 3.86. The Morgan fingerprint density at radius 2 is 2.04 bits per heavy atom. The maximum Gasteiger partial charge on any atom is 0.166 e. The number of hydrogen-bond donors (Lipinski definition) is 2. The molecule has 0 aliphatic heterocycles. The van der Waals surface area contributed by atoms with E-state index < -0.39 is 0 Å². The van der Waals surface area contributed by atoms with E-state index in [0.717, 1.165) is 50.0 Å². The van der Waals surface area contributed by atoms with Crippen molar-refractivity contribution in [3.8, 4) is 5.75 Å². The maximum atomic E-state index is 5.63. The van der Waals surface area contributed by atoms with Crippen molar-refractivity contribution in [2.24, 2.45) is 0 Å². The highest BCUT2D eigenvalue weighted by atomic mass is 32.2. The lowest BCUT2D eigenvalue weighted by Crippen LogP contribution is -1.99. The van der Waals surface area contributed by atoms with Gasteiger partial charge in [-0.2, -0.15) is 0 Å². The normalized spacial score (nSPS) is 11.4. The van der Waals surface area contributed by atoms with Gasteiger partial charge in [-0.05, 0) is 32.0 Å². The van der Waals surface area contributed by atoms with Crippen LogP contribution >= 0.6 is 11.8 Å². The molecule has 0 saturated heterocycles. The number of H-pyrrole nitrogens is 2. The number of nitrogens with one attached hydrogen (secondary N) is 2. The van der Waals surface area contributed by atoms with Crippen LogP contribution in [0.1, 0.15) is 18.2 Å². The third-order valence-corrected chi connectivity index (χ3v) is 4.79. The van der Waals surface area contributed by atoms with Gasteiger partial charge in [0, 0.05) is 17.5 Å². The van der Waals surface area contributed by atoms with Crippen molar-refractivity contribution >= 4 is 33.8 Å². The second-order valence-electron chi connectivity index (χ2n) is 5.43. The van der Waals surface area contributed by atoms with Gasteiger partial charge in [0.25, 0.3) is 0 Å². The van der Waals surface area contributed by atoms with Gasteiger partial charge in [-0.3, -0.25) is 4.98 Å². The highest BCUT2D eigenvalue weighted by Gasteiger charge is 2.10. The molecule has 122 valence electrons. The van der Waals surface area contributed by atoms with Crippen molar-refractivity contribution in [1.29, 1.82) is 0 Å². The number of benzene rings is 1. The predicted molar refractivity (Wildman–Crippen MR) is 95.4 cm³/mol.